The van der Waals surface area contributed by atoms with Gasteiger partial charge in [0, 0.05) is 42.5 Å². The van der Waals surface area contributed by atoms with Crippen molar-refractivity contribution in [3.8, 4) is 17.3 Å². The van der Waals surface area contributed by atoms with Crippen LogP contribution in [0.2, 0.25) is 0 Å². The molecule has 0 bridgehead atoms. The third-order valence-electron chi connectivity index (χ3n) is 7.16. The molecule has 0 amide bonds. The highest BCUT2D eigenvalue weighted by atomic mass is 32.2. The minimum absolute atomic E-state index is 0.105. The molecule has 3 aliphatic rings. The van der Waals surface area contributed by atoms with Crippen molar-refractivity contribution in [1.29, 1.82) is 5.26 Å². The van der Waals surface area contributed by atoms with E-state index in [0.29, 0.717) is 19.5 Å². The molecule has 2 aliphatic carbocycles. The van der Waals surface area contributed by atoms with E-state index in [9.17, 15) is 13.7 Å². The molecule has 3 atom stereocenters. The number of hydrogen-bond acceptors (Lipinski definition) is 6. The molecular weight excluding hydrogens is 428 g/mol. The van der Waals surface area contributed by atoms with Gasteiger partial charge in [0.2, 0.25) is 0 Å². The van der Waals surface area contributed by atoms with Gasteiger partial charge in [-0.2, -0.15) is 27.8 Å². The van der Waals surface area contributed by atoms with Gasteiger partial charge >= 0.3 is 0 Å². The highest BCUT2D eigenvalue weighted by Gasteiger charge is 2.52. The van der Waals surface area contributed by atoms with Crippen LogP contribution in [0.25, 0.3) is 22.3 Å². The number of rotatable bonds is 6. The van der Waals surface area contributed by atoms with Crippen molar-refractivity contribution in [2.75, 3.05) is 13.1 Å². The van der Waals surface area contributed by atoms with E-state index in [1.807, 2.05) is 23.1 Å². The maximum Gasteiger partial charge on any atom is 0.279 e. The molecule has 0 radical (unpaired) electrons. The minimum Gasteiger partial charge on any atom is -0.346 e. The Morgan fingerprint density at radius 2 is 2.03 bits per heavy atom. The van der Waals surface area contributed by atoms with E-state index >= 15 is 0 Å². The van der Waals surface area contributed by atoms with Crippen molar-refractivity contribution in [1.82, 2.24) is 33.8 Å². The van der Waals surface area contributed by atoms with Gasteiger partial charge in [-0.15, -0.1) is 0 Å². The van der Waals surface area contributed by atoms with Crippen LogP contribution in [0.15, 0.2) is 31.0 Å². The van der Waals surface area contributed by atoms with Crippen LogP contribution in [-0.4, -0.2) is 56.6 Å². The van der Waals surface area contributed by atoms with Crippen LogP contribution in [-0.2, 0) is 15.7 Å². The maximum absolute atomic E-state index is 12.6. The molecule has 10 nitrogen and oxygen atoms in total. The lowest BCUT2D eigenvalue weighted by atomic mass is 9.92. The van der Waals surface area contributed by atoms with Gasteiger partial charge in [-0.05, 0) is 43.6 Å². The Hall–Kier alpha value is -2.81. The first-order valence-electron chi connectivity index (χ1n) is 11.0. The topological polar surface area (TPSA) is 133 Å². The molecule has 4 heterocycles. The molecule has 32 heavy (non-hydrogen) atoms. The second-order valence-electron chi connectivity index (χ2n) is 9.34. The third-order valence-corrected chi connectivity index (χ3v) is 8.77. The van der Waals surface area contributed by atoms with Gasteiger partial charge in [-0.25, -0.2) is 9.97 Å². The number of fused-ring (bicyclic) bond motifs is 2. The summed E-state index contributed by atoms with van der Waals surface area (Å²) in [7, 11) is -3.42. The first kappa shape index (κ1) is 19.8. The second kappa shape index (κ2) is 7.10. The van der Waals surface area contributed by atoms with Crippen LogP contribution in [0.5, 0.6) is 0 Å². The zero-order chi connectivity index (χ0) is 21.9. The molecule has 1 aliphatic heterocycles. The zero-order valence-electron chi connectivity index (χ0n) is 17.5. The van der Waals surface area contributed by atoms with E-state index in [-0.39, 0.29) is 17.9 Å². The van der Waals surface area contributed by atoms with Crippen molar-refractivity contribution in [3.05, 3.63) is 31.0 Å². The lowest BCUT2D eigenvalue weighted by Crippen LogP contribution is -2.42. The average molecular weight is 453 g/mol. The van der Waals surface area contributed by atoms with Crippen molar-refractivity contribution >= 4 is 21.2 Å². The summed E-state index contributed by atoms with van der Waals surface area (Å²) < 4.78 is 31.6. The molecule has 0 spiro atoms. The van der Waals surface area contributed by atoms with Gasteiger partial charge in [0.05, 0.1) is 29.9 Å². The van der Waals surface area contributed by atoms with Gasteiger partial charge < -0.3 is 4.98 Å². The van der Waals surface area contributed by atoms with E-state index in [1.54, 1.807) is 10.5 Å². The van der Waals surface area contributed by atoms with Gasteiger partial charge in [-0.3, -0.25) is 4.68 Å². The minimum atomic E-state index is -3.42. The van der Waals surface area contributed by atoms with Crippen LogP contribution in [0.4, 0.5) is 0 Å². The first-order valence-corrected chi connectivity index (χ1v) is 12.4. The number of hydrogen-bond donors (Lipinski definition) is 2. The van der Waals surface area contributed by atoms with Crippen LogP contribution in [0.3, 0.4) is 0 Å². The van der Waals surface area contributed by atoms with Crippen LogP contribution >= 0.6 is 0 Å². The number of nitriles is 1. The molecule has 3 fully saturated rings. The fourth-order valence-corrected chi connectivity index (χ4v) is 7.05. The number of nitrogens with zero attached hydrogens (tertiary/aromatic N) is 6. The highest BCUT2D eigenvalue weighted by Crippen LogP contribution is 2.50. The van der Waals surface area contributed by atoms with Crippen LogP contribution in [0.1, 0.15) is 32.1 Å². The monoisotopic (exact) mass is 452 g/mol. The average Bonchev–Trinajstić information content (AvgIpc) is 3.18. The Balaban J connectivity index is 1.26. The summed E-state index contributed by atoms with van der Waals surface area (Å²) >= 11 is 0. The molecule has 2 saturated carbocycles. The van der Waals surface area contributed by atoms with Gasteiger partial charge in [-0.1, -0.05) is 0 Å². The Kier molecular flexibility index (Phi) is 4.40. The molecule has 0 aromatic carbocycles. The standard InChI is InChI=1S/C21H24N8O2S/c22-5-4-21(7-14-10-28(11-15(14)8-21)32(30,31)27-17-1-2-17)29-12-16(9-26-29)19-18-3-6-23-20(18)25-13-24-19/h3,6,9,12-15,17,27H,1-2,4,7-8,10-11H2,(H,23,24,25)/t14-,15+,21-. The molecule has 2 N–H and O–H groups in total. The normalized spacial score (nSPS) is 28.2. The second-order valence-corrected chi connectivity index (χ2v) is 11.0. The molecule has 0 unspecified atom stereocenters. The predicted octanol–water partition coefficient (Wildman–Crippen LogP) is 1.77. The number of H-pyrrole nitrogens is 1. The summed E-state index contributed by atoms with van der Waals surface area (Å²) in [6, 6.07) is 4.40. The summed E-state index contributed by atoms with van der Waals surface area (Å²) in [5.41, 5.74) is 2.03. The van der Waals surface area contributed by atoms with Crippen molar-refractivity contribution in [2.24, 2.45) is 11.8 Å². The van der Waals surface area contributed by atoms with Crippen LogP contribution < -0.4 is 4.72 Å². The van der Waals surface area contributed by atoms with Crippen molar-refractivity contribution < 1.29 is 8.42 Å². The summed E-state index contributed by atoms with van der Waals surface area (Å²) in [4.78, 5) is 11.8. The highest BCUT2D eigenvalue weighted by molar-refractivity contribution is 7.87. The number of nitrogens with one attached hydrogen (secondary N) is 2. The lowest BCUT2D eigenvalue weighted by molar-refractivity contribution is 0.240. The van der Waals surface area contributed by atoms with Gasteiger partial charge in [0.25, 0.3) is 10.2 Å². The lowest BCUT2D eigenvalue weighted by Gasteiger charge is -2.29. The van der Waals surface area contributed by atoms with E-state index in [2.05, 4.69) is 30.8 Å². The largest absolute Gasteiger partial charge is 0.346 e. The maximum atomic E-state index is 12.6. The summed E-state index contributed by atoms with van der Waals surface area (Å²) in [5, 5.41) is 15.2. The van der Waals surface area contributed by atoms with E-state index in [1.165, 1.54) is 6.33 Å². The quantitative estimate of drug-likeness (QED) is 0.586. The van der Waals surface area contributed by atoms with Gasteiger partial charge in [0.1, 0.15) is 12.0 Å². The van der Waals surface area contributed by atoms with Crippen molar-refractivity contribution in [2.45, 2.75) is 43.7 Å². The molecule has 11 heteroatoms. The van der Waals surface area contributed by atoms with Crippen molar-refractivity contribution in [3.63, 3.8) is 0 Å². The zero-order valence-corrected chi connectivity index (χ0v) is 18.3. The fourth-order valence-electron chi connectivity index (χ4n) is 5.47. The summed E-state index contributed by atoms with van der Waals surface area (Å²) in [6.07, 6.45) is 10.8. The van der Waals surface area contributed by atoms with E-state index in [4.69, 9.17) is 0 Å². The van der Waals surface area contributed by atoms with E-state index < -0.39 is 15.7 Å². The SMILES string of the molecule is N#CC[C@]1(n2cc(-c3ncnc4[nH]ccc34)cn2)C[C@H]2CN(S(=O)(=O)NC3CC3)C[C@H]2C1. The summed E-state index contributed by atoms with van der Waals surface area (Å²) in [5.74, 6) is 0.449. The molecule has 1 saturated heterocycles. The fraction of sp³-hybridized carbons (Fsp3) is 0.524. The van der Waals surface area contributed by atoms with Gasteiger partial charge in [0.15, 0.2) is 0 Å². The Morgan fingerprint density at radius 3 is 2.75 bits per heavy atom. The summed E-state index contributed by atoms with van der Waals surface area (Å²) in [6.45, 7) is 1.01. The third kappa shape index (κ3) is 3.21. The Bertz CT molecular complexity index is 1300. The molecule has 166 valence electrons. The molecule has 3 aromatic rings. The first-order chi connectivity index (χ1) is 15.5. The number of aromatic nitrogens is 5. The Morgan fingerprint density at radius 1 is 1.25 bits per heavy atom. The predicted molar refractivity (Wildman–Crippen MR) is 116 cm³/mol. The van der Waals surface area contributed by atoms with Crippen LogP contribution in [0, 0.1) is 23.2 Å². The number of aromatic amines is 1. The molecular formula is C21H24N8O2S. The molecule has 3 aromatic heterocycles. The molecule has 6 rings (SSSR count). The van der Waals surface area contributed by atoms with E-state index in [0.717, 1.165) is 48.0 Å². The Labute approximate surface area is 185 Å². The smallest absolute Gasteiger partial charge is 0.279 e.